The predicted molar refractivity (Wildman–Crippen MR) is 86.9 cm³/mol. The number of ether oxygens (including phenoxy) is 1. The van der Waals surface area contributed by atoms with Gasteiger partial charge < -0.3 is 9.84 Å². The van der Waals surface area contributed by atoms with Gasteiger partial charge in [-0.25, -0.2) is 5.48 Å². The number of hydroxylamine groups is 1. The summed E-state index contributed by atoms with van der Waals surface area (Å²) in [4.78, 5) is 26.2. The third-order valence-electron chi connectivity index (χ3n) is 4.64. The molecule has 3 atom stereocenters. The fourth-order valence-electron chi connectivity index (χ4n) is 3.43. The van der Waals surface area contributed by atoms with Crippen LogP contribution in [0.1, 0.15) is 31.2 Å². The Morgan fingerprint density at radius 3 is 2.58 bits per heavy atom. The molecule has 0 bridgehead atoms. The number of nitrogens with zero attached hydrogens (tertiary/aromatic N) is 1. The summed E-state index contributed by atoms with van der Waals surface area (Å²) in [6.07, 6.45) is 0.759. The molecule has 1 aromatic carbocycles. The van der Waals surface area contributed by atoms with Crippen LogP contribution in [0.25, 0.3) is 0 Å². The minimum atomic E-state index is -0.596. The monoisotopic (exact) mass is 336 g/mol. The summed E-state index contributed by atoms with van der Waals surface area (Å²) in [5.41, 5.74) is 2.46. The van der Waals surface area contributed by atoms with Gasteiger partial charge in [-0.1, -0.05) is 19.1 Å². The van der Waals surface area contributed by atoms with Crippen molar-refractivity contribution in [3.8, 4) is 5.75 Å². The second kappa shape index (κ2) is 8.23. The highest BCUT2D eigenvalue weighted by Crippen LogP contribution is 2.32. The lowest BCUT2D eigenvalue weighted by molar-refractivity contribution is -0.140. The van der Waals surface area contributed by atoms with Crippen LogP contribution < -0.4 is 10.2 Å². The van der Waals surface area contributed by atoms with E-state index in [-0.39, 0.29) is 12.4 Å². The number of aliphatic hydroxyl groups excluding tert-OH is 1. The van der Waals surface area contributed by atoms with Crippen LogP contribution in [0.2, 0.25) is 0 Å². The summed E-state index contributed by atoms with van der Waals surface area (Å²) in [5.74, 6) is -0.325. The number of ketones is 1. The zero-order chi connectivity index (χ0) is 17.7. The van der Waals surface area contributed by atoms with Crippen molar-refractivity contribution in [3.05, 3.63) is 29.8 Å². The Bertz CT molecular complexity index is 575. The van der Waals surface area contributed by atoms with Gasteiger partial charge in [0.15, 0.2) is 0 Å². The normalized spacial score (nSPS) is 22.9. The first-order valence-corrected chi connectivity index (χ1v) is 8.04. The average molecular weight is 336 g/mol. The first-order valence-electron chi connectivity index (χ1n) is 8.04. The van der Waals surface area contributed by atoms with Crippen molar-refractivity contribution in [1.29, 1.82) is 0 Å². The van der Waals surface area contributed by atoms with E-state index in [4.69, 9.17) is 9.94 Å². The van der Waals surface area contributed by atoms with E-state index >= 15 is 0 Å². The predicted octanol–water partition coefficient (Wildman–Crippen LogP) is 0.698. The van der Waals surface area contributed by atoms with E-state index in [1.807, 2.05) is 11.8 Å². The molecule has 1 unspecified atom stereocenters. The largest absolute Gasteiger partial charge is 0.497 e. The smallest absolute Gasteiger partial charge is 0.260 e. The Morgan fingerprint density at radius 2 is 2.08 bits per heavy atom. The third-order valence-corrected chi connectivity index (χ3v) is 4.64. The molecule has 7 nitrogen and oxygen atoms in total. The van der Waals surface area contributed by atoms with E-state index in [2.05, 4.69) is 0 Å². The van der Waals surface area contributed by atoms with Gasteiger partial charge in [0.05, 0.1) is 25.7 Å². The number of carbonyl (C=O) groups is 2. The van der Waals surface area contributed by atoms with Crippen LogP contribution in [0.5, 0.6) is 5.75 Å². The summed E-state index contributed by atoms with van der Waals surface area (Å²) >= 11 is 0. The third kappa shape index (κ3) is 3.58. The SMILES string of the molecule is CC[C@H](C(=O)NO)N1CCC(=O)[C@@H](c2ccc(OC)cc2)C1CO. The minimum absolute atomic E-state index is 0.0368. The minimum Gasteiger partial charge on any atom is -0.497 e. The van der Waals surface area contributed by atoms with E-state index in [1.54, 1.807) is 36.9 Å². The first kappa shape index (κ1) is 18.4. The zero-order valence-corrected chi connectivity index (χ0v) is 13.9. The van der Waals surface area contributed by atoms with Crippen LogP contribution >= 0.6 is 0 Å². The summed E-state index contributed by atoms with van der Waals surface area (Å²) in [6, 6.07) is 6.05. The quantitative estimate of drug-likeness (QED) is 0.522. The van der Waals surface area contributed by atoms with Crippen LogP contribution in [0.15, 0.2) is 24.3 Å². The van der Waals surface area contributed by atoms with Crippen molar-refractivity contribution >= 4 is 11.7 Å². The standard InChI is InChI=1S/C17H24N2O5/c1-3-13(17(22)18-23)19-9-8-15(21)16(14(19)10-20)11-4-6-12(24-2)7-5-11/h4-7,13-14,16,20,23H,3,8-10H2,1-2H3,(H,18,22)/t13-,14?,16+/m1/s1. The van der Waals surface area contributed by atoms with Gasteiger partial charge in [0.1, 0.15) is 11.5 Å². The maximum absolute atomic E-state index is 12.5. The molecule has 2 rings (SSSR count). The lowest BCUT2D eigenvalue weighted by atomic mass is 9.81. The Kier molecular flexibility index (Phi) is 6.30. The van der Waals surface area contributed by atoms with Crippen LogP contribution in [0, 0.1) is 0 Å². The number of likely N-dealkylation sites (tertiary alicyclic amines) is 1. The van der Waals surface area contributed by atoms with Crippen molar-refractivity contribution in [2.45, 2.75) is 37.8 Å². The molecule has 1 saturated heterocycles. The van der Waals surface area contributed by atoms with Crippen LogP contribution in [0.3, 0.4) is 0 Å². The van der Waals surface area contributed by atoms with Gasteiger partial charge in [-0.2, -0.15) is 0 Å². The number of benzene rings is 1. The second-order valence-electron chi connectivity index (χ2n) is 5.85. The molecule has 132 valence electrons. The van der Waals surface area contributed by atoms with Crippen LogP contribution in [-0.4, -0.2) is 59.2 Å². The Hall–Kier alpha value is -1.96. The van der Waals surface area contributed by atoms with Gasteiger partial charge in [-0.15, -0.1) is 0 Å². The molecular weight excluding hydrogens is 312 g/mol. The van der Waals surface area contributed by atoms with E-state index in [0.29, 0.717) is 25.1 Å². The molecule has 0 radical (unpaired) electrons. The van der Waals surface area contributed by atoms with Crippen molar-refractivity contribution in [2.24, 2.45) is 0 Å². The molecule has 0 aliphatic carbocycles. The fourth-order valence-corrected chi connectivity index (χ4v) is 3.43. The summed E-state index contributed by atoms with van der Waals surface area (Å²) < 4.78 is 5.13. The summed E-state index contributed by atoms with van der Waals surface area (Å²) in [5, 5.41) is 18.8. The molecule has 1 heterocycles. The number of rotatable bonds is 6. The van der Waals surface area contributed by atoms with Crippen LogP contribution in [-0.2, 0) is 9.59 Å². The maximum atomic E-state index is 12.5. The number of aliphatic hydroxyl groups is 1. The van der Waals surface area contributed by atoms with Gasteiger partial charge in [0.25, 0.3) is 5.91 Å². The Morgan fingerprint density at radius 1 is 1.42 bits per heavy atom. The molecule has 3 N–H and O–H groups in total. The van der Waals surface area contributed by atoms with Gasteiger partial charge in [0.2, 0.25) is 0 Å². The number of nitrogens with one attached hydrogen (secondary N) is 1. The first-order chi connectivity index (χ1) is 11.6. The number of amides is 1. The molecule has 0 saturated carbocycles. The molecule has 1 amide bonds. The summed E-state index contributed by atoms with van der Waals surface area (Å²) in [6.45, 7) is 1.95. The fraction of sp³-hybridized carbons (Fsp3) is 0.529. The van der Waals surface area contributed by atoms with Gasteiger partial charge in [0, 0.05) is 19.0 Å². The number of Topliss-reactive ketones (excluding diaryl/α,β-unsaturated/α-hetero) is 1. The molecule has 1 fully saturated rings. The number of piperidine rings is 1. The van der Waals surface area contributed by atoms with E-state index in [1.165, 1.54) is 0 Å². The van der Waals surface area contributed by atoms with E-state index in [0.717, 1.165) is 5.56 Å². The molecule has 7 heteroatoms. The van der Waals surface area contributed by atoms with Crippen LogP contribution in [0.4, 0.5) is 0 Å². The number of hydrogen-bond donors (Lipinski definition) is 3. The molecule has 1 aliphatic heterocycles. The highest BCUT2D eigenvalue weighted by molar-refractivity contribution is 5.88. The Balaban J connectivity index is 2.34. The van der Waals surface area contributed by atoms with E-state index in [9.17, 15) is 14.7 Å². The molecule has 0 aromatic heterocycles. The van der Waals surface area contributed by atoms with Gasteiger partial charge >= 0.3 is 0 Å². The summed E-state index contributed by atoms with van der Waals surface area (Å²) in [7, 11) is 1.57. The zero-order valence-electron chi connectivity index (χ0n) is 13.9. The highest BCUT2D eigenvalue weighted by Gasteiger charge is 2.41. The molecular formula is C17H24N2O5. The molecule has 1 aromatic rings. The number of hydrogen-bond acceptors (Lipinski definition) is 6. The lowest BCUT2D eigenvalue weighted by Gasteiger charge is -2.43. The average Bonchev–Trinajstić information content (AvgIpc) is 2.62. The highest BCUT2D eigenvalue weighted by atomic mass is 16.5. The maximum Gasteiger partial charge on any atom is 0.260 e. The van der Waals surface area contributed by atoms with Crippen molar-refractivity contribution in [3.63, 3.8) is 0 Å². The second-order valence-corrected chi connectivity index (χ2v) is 5.85. The lowest BCUT2D eigenvalue weighted by Crippen LogP contribution is -2.58. The number of carbonyl (C=O) groups excluding carboxylic acids is 2. The Labute approximate surface area is 141 Å². The van der Waals surface area contributed by atoms with Crippen molar-refractivity contribution in [2.75, 3.05) is 20.3 Å². The van der Waals surface area contributed by atoms with Gasteiger partial charge in [-0.3, -0.25) is 19.7 Å². The topological polar surface area (TPSA) is 99.1 Å². The molecule has 0 spiro atoms. The van der Waals surface area contributed by atoms with Crippen molar-refractivity contribution in [1.82, 2.24) is 10.4 Å². The number of methoxy groups -OCH3 is 1. The molecule has 1 aliphatic rings. The van der Waals surface area contributed by atoms with E-state index < -0.39 is 23.9 Å². The van der Waals surface area contributed by atoms with Crippen molar-refractivity contribution < 1.29 is 24.6 Å². The van der Waals surface area contributed by atoms with Gasteiger partial charge in [-0.05, 0) is 24.1 Å². The molecule has 24 heavy (non-hydrogen) atoms.